The van der Waals surface area contributed by atoms with Crippen molar-refractivity contribution in [1.29, 1.82) is 0 Å². The molecular formula is C11H13ClS2. The zero-order valence-electron chi connectivity index (χ0n) is 8.29. The van der Waals surface area contributed by atoms with Crippen molar-refractivity contribution in [3.63, 3.8) is 0 Å². The summed E-state index contributed by atoms with van der Waals surface area (Å²) in [6, 6.07) is 10.3. The molecule has 0 aromatic heterocycles. The summed E-state index contributed by atoms with van der Waals surface area (Å²) in [6.07, 6.45) is 4.17. The molecule has 0 fully saturated rings. The Labute approximate surface area is 99.1 Å². The van der Waals surface area contributed by atoms with E-state index in [9.17, 15) is 0 Å². The van der Waals surface area contributed by atoms with E-state index in [1.165, 1.54) is 15.4 Å². The summed E-state index contributed by atoms with van der Waals surface area (Å²) in [4.78, 5) is 0. The molecule has 0 aliphatic rings. The maximum Gasteiger partial charge on any atom is 0.0496 e. The van der Waals surface area contributed by atoms with Crippen LogP contribution in [0.4, 0.5) is 0 Å². The summed E-state index contributed by atoms with van der Waals surface area (Å²) in [5.74, 6) is 0.570. The van der Waals surface area contributed by atoms with Crippen molar-refractivity contribution < 1.29 is 0 Å². The van der Waals surface area contributed by atoms with E-state index >= 15 is 0 Å². The maximum atomic E-state index is 5.97. The van der Waals surface area contributed by atoms with Gasteiger partial charge in [-0.15, -0.1) is 35.1 Å². The van der Waals surface area contributed by atoms with Gasteiger partial charge < -0.3 is 0 Å². The molecular weight excluding hydrogens is 232 g/mol. The first-order valence-corrected chi connectivity index (χ1v) is 7.24. The quantitative estimate of drug-likeness (QED) is 0.724. The molecule has 0 bridgehead atoms. The number of alkyl halides is 1. The van der Waals surface area contributed by atoms with Crippen molar-refractivity contribution in [3.8, 4) is 0 Å². The molecule has 0 saturated heterocycles. The van der Waals surface area contributed by atoms with Crippen LogP contribution < -0.4 is 0 Å². The number of thioether (sulfide) groups is 2. The lowest BCUT2D eigenvalue weighted by Gasteiger charge is -2.09. The van der Waals surface area contributed by atoms with Crippen molar-refractivity contribution in [2.75, 3.05) is 18.4 Å². The molecule has 0 spiro atoms. The first-order chi connectivity index (χ1) is 6.83. The molecule has 0 unspecified atom stereocenters. The summed E-state index contributed by atoms with van der Waals surface area (Å²) in [5.41, 5.74) is 2.45. The summed E-state index contributed by atoms with van der Waals surface area (Å²) < 4.78 is 1.30. The van der Waals surface area contributed by atoms with Crippen LogP contribution in [-0.4, -0.2) is 18.4 Å². The van der Waals surface area contributed by atoms with Crippen LogP contribution in [0.2, 0.25) is 0 Å². The molecule has 0 amide bonds. The summed E-state index contributed by atoms with van der Waals surface area (Å²) >= 11 is 9.48. The highest BCUT2D eigenvalue weighted by Gasteiger charge is 2.06. The van der Waals surface area contributed by atoms with Crippen molar-refractivity contribution in [2.24, 2.45) is 0 Å². The lowest BCUT2D eigenvalue weighted by Crippen LogP contribution is -1.88. The SMILES string of the molecule is CSC(SC)=C(CCl)c1ccccc1. The van der Waals surface area contributed by atoms with Gasteiger partial charge in [0, 0.05) is 10.1 Å². The second-order valence-corrected chi connectivity index (χ2v) is 4.83. The van der Waals surface area contributed by atoms with Gasteiger partial charge >= 0.3 is 0 Å². The highest BCUT2D eigenvalue weighted by atomic mass is 35.5. The van der Waals surface area contributed by atoms with Gasteiger partial charge in [-0.3, -0.25) is 0 Å². The summed E-state index contributed by atoms with van der Waals surface area (Å²) in [5, 5.41) is 0. The lowest BCUT2D eigenvalue weighted by molar-refractivity contribution is 1.58. The Morgan fingerprint density at radius 3 is 2.14 bits per heavy atom. The standard InChI is InChI=1S/C11H13ClS2/c1-13-11(14-2)10(8-12)9-6-4-3-5-7-9/h3-7H,8H2,1-2H3. The van der Waals surface area contributed by atoms with Crippen molar-refractivity contribution in [2.45, 2.75) is 0 Å². The minimum atomic E-state index is 0.570. The van der Waals surface area contributed by atoms with Gasteiger partial charge in [-0.25, -0.2) is 0 Å². The zero-order valence-corrected chi connectivity index (χ0v) is 10.7. The van der Waals surface area contributed by atoms with Gasteiger partial charge in [-0.2, -0.15) is 0 Å². The molecule has 0 nitrogen and oxygen atoms in total. The molecule has 0 heterocycles. The van der Waals surface area contributed by atoms with Gasteiger partial charge in [-0.05, 0) is 23.6 Å². The summed E-state index contributed by atoms with van der Waals surface area (Å²) in [6.45, 7) is 0. The molecule has 0 radical (unpaired) electrons. The second kappa shape index (κ2) is 6.44. The van der Waals surface area contributed by atoms with Crippen molar-refractivity contribution in [3.05, 3.63) is 40.1 Å². The third kappa shape index (κ3) is 2.97. The third-order valence-corrected chi connectivity index (χ3v) is 4.37. The van der Waals surface area contributed by atoms with Gasteiger partial charge in [0.05, 0.1) is 0 Å². The fraction of sp³-hybridized carbons (Fsp3) is 0.273. The lowest BCUT2D eigenvalue weighted by atomic mass is 10.1. The zero-order chi connectivity index (χ0) is 10.4. The van der Waals surface area contributed by atoms with E-state index in [1.807, 2.05) is 18.2 Å². The number of benzene rings is 1. The number of halogens is 1. The Morgan fingerprint density at radius 1 is 1.14 bits per heavy atom. The third-order valence-electron chi connectivity index (χ3n) is 1.87. The van der Waals surface area contributed by atoms with Crippen LogP contribution in [0.5, 0.6) is 0 Å². The molecule has 3 heteroatoms. The highest BCUT2D eigenvalue weighted by Crippen LogP contribution is 2.33. The van der Waals surface area contributed by atoms with E-state index in [0.29, 0.717) is 5.88 Å². The van der Waals surface area contributed by atoms with Crippen LogP contribution in [0.25, 0.3) is 5.57 Å². The average molecular weight is 245 g/mol. The highest BCUT2D eigenvalue weighted by molar-refractivity contribution is 8.21. The molecule has 1 aromatic rings. The van der Waals surface area contributed by atoms with Gasteiger partial charge in [-0.1, -0.05) is 30.3 Å². The predicted molar refractivity (Wildman–Crippen MR) is 71.1 cm³/mol. The molecule has 1 rings (SSSR count). The van der Waals surface area contributed by atoms with Gasteiger partial charge in [0.1, 0.15) is 0 Å². The first kappa shape index (κ1) is 12.0. The number of allylic oxidation sites excluding steroid dienone is 1. The van der Waals surface area contributed by atoms with E-state index < -0.39 is 0 Å². The Hall–Kier alpha value is -0.0500. The Kier molecular flexibility index (Phi) is 5.53. The van der Waals surface area contributed by atoms with Gasteiger partial charge in [0.15, 0.2) is 0 Å². The van der Waals surface area contributed by atoms with Crippen LogP contribution in [0.1, 0.15) is 5.56 Å². The van der Waals surface area contributed by atoms with Crippen LogP contribution in [0.15, 0.2) is 34.6 Å². The molecule has 76 valence electrons. The van der Waals surface area contributed by atoms with Crippen LogP contribution in [0.3, 0.4) is 0 Å². The molecule has 0 N–H and O–H groups in total. The van der Waals surface area contributed by atoms with Crippen molar-refractivity contribution in [1.82, 2.24) is 0 Å². The predicted octanol–water partition coefficient (Wildman–Crippen LogP) is 4.32. The Balaban J connectivity index is 3.09. The molecule has 0 aliphatic carbocycles. The van der Waals surface area contributed by atoms with Crippen LogP contribution in [0, 0.1) is 0 Å². The fourth-order valence-electron chi connectivity index (χ4n) is 1.22. The molecule has 0 atom stereocenters. The Bertz CT molecular complexity index is 300. The minimum absolute atomic E-state index is 0.570. The second-order valence-electron chi connectivity index (χ2n) is 2.67. The van der Waals surface area contributed by atoms with Crippen molar-refractivity contribution >= 4 is 40.7 Å². The van der Waals surface area contributed by atoms with Gasteiger partial charge in [0.2, 0.25) is 0 Å². The molecule has 1 aromatic carbocycles. The molecule has 0 aliphatic heterocycles. The van der Waals surface area contributed by atoms with E-state index in [-0.39, 0.29) is 0 Å². The largest absolute Gasteiger partial charge is 0.122 e. The van der Waals surface area contributed by atoms with E-state index in [2.05, 4.69) is 24.6 Å². The van der Waals surface area contributed by atoms with E-state index in [4.69, 9.17) is 11.6 Å². The smallest absolute Gasteiger partial charge is 0.0496 e. The number of rotatable bonds is 4. The first-order valence-electron chi connectivity index (χ1n) is 4.26. The molecule has 0 saturated carbocycles. The Morgan fingerprint density at radius 2 is 1.71 bits per heavy atom. The number of hydrogen-bond donors (Lipinski definition) is 0. The van der Waals surface area contributed by atoms with E-state index in [1.54, 1.807) is 23.5 Å². The fourth-order valence-corrected chi connectivity index (χ4v) is 3.20. The van der Waals surface area contributed by atoms with Gasteiger partial charge in [0.25, 0.3) is 0 Å². The molecule has 14 heavy (non-hydrogen) atoms. The minimum Gasteiger partial charge on any atom is -0.122 e. The number of hydrogen-bond acceptors (Lipinski definition) is 2. The monoisotopic (exact) mass is 244 g/mol. The summed E-state index contributed by atoms with van der Waals surface area (Å²) in [7, 11) is 0. The van der Waals surface area contributed by atoms with E-state index in [0.717, 1.165) is 0 Å². The average Bonchev–Trinajstić information content (AvgIpc) is 2.27. The van der Waals surface area contributed by atoms with Crippen LogP contribution in [-0.2, 0) is 0 Å². The van der Waals surface area contributed by atoms with Crippen LogP contribution >= 0.6 is 35.1 Å². The maximum absolute atomic E-state index is 5.97. The topological polar surface area (TPSA) is 0 Å². The normalized spacial score (nSPS) is 9.93.